The number of benzene rings is 2. The Morgan fingerprint density at radius 3 is 2.27 bits per heavy atom. The fourth-order valence-electron chi connectivity index (χ4n) is 3.00. The molecule has 7 nitrogen and oxygen atoms in total. The van der Waals surface area contributed by atoms with E-state index in [2.05, 4.69) is 4.83 Å². The molecule has 1 aliphatic carbocycles. The van der Waals surface area contributed by atoms with Gasteiger partial charge in [0.2, 0.25) is 0 Å². The third-order valence-electron chi connectivity index (χ3n) is 4.21. The summed E-state index contributed by atoms with van der Waals surface area (Å²) in [5, 5.41) is 11.5. The molecule has 1 N–H and O–H groups in total. The van der Waals surface area contributed by atoms with Crippen molar-refractivity contribution < 1.29 is 13.5 Å². The second-order valence-electron chi connectivity index (χ2n) is 5.96. The molecule has 0 amide bonds. The smallest absolute Gasteiger partial charge is 0.233 e. The van der Waals surface area contributed by atoms with Crippen LogP contribution in [0.15, 0.2) is 70.5 Å². The minimum absolute atomic E-state index is 0.00268. The number of nitrogens with zero attached hydrogens (tertiary/aromatic N) is 2. The van der Waals surface area contributed by atoms with Gasteiger partial charge < -0.3 is 0 Å². The van der Waals surface area contributed by atoms with Crippen LogP contribution in [0.2, 0.25) is 0 Å². The first-order valence-electron chi connectivity index (χ1n) is 8.20. The number of hydrogen-bond donors (Lipinski definition) is 1. The van der Waals surface area contributed by atoms with E-state index in [0.29, 0.717) is 11.5 Å². The van der Waals surface area contributed by atoms with Gasteiger partial charge in [0, 0.05) is 10.1 Å². The number of hydrogen-bond acceptors (Lipinski definition) is 5. The van der Waals surface area contributed by atoms with Crippen LogP contribution in [0.25, 0.3) is 0 Å². The molecule has 0 saturated heterocycles. The number of hydrazine groups is 2. The van der Waals surface area contributed by atoms with E-state index >= 15 is 0 Å². The Morgan fingerprint density at radius 2 is 1.65 bits per heavy atom. The van der Waals surface area contributed by atoms with Crippen molar-refractivity contribution in [1.82, 2.24) is 9.95 Å². The highest BCUT2D eigenvalue weighted by atomic mass is 32.2. The second kappa shape index (κ2) is 8.07. The monoisotopic (exact) mass is 393 g/mol. The Morgan fingerprint density at radius 1 is 1.04 bits per heavy atom. The van der Waals surface area contributed by atoms with Crippen LogP contribution < -0.4 is 4.83 Å². The van der Waals surface area contributed by atoms with Crippen molar-refractivity contribution in [2.45, 2.75) is 40.3 Å². The number of nitro groups is 1. The highest BCUT2D eigenvalue weighted by Gasteiger charge is 2.41. The molecule has 2 aromatic carbocycles. The molecular weight excluding hydrogens is 374 g/mol. The molecule has 26 heavy (non-hydrogen) atoms. The van der Waals surface area contributed by atoms with Crippen molar-refractivity contribution >= 4 is 21.8 Å². The standard InChI is InChI=1S/C17H19N3O4S2/c21-20(22)19(18-26(23,24)15-10-5-2-6-11-15)16-12-7-13-17(16)25-14-8-3-1-4-9-14/h1-6,8-11,16-18H,7,12-13H2. The van der Waals surface area contributed by atoms with Crippen molar-refractivity contribution in [2.24, 2.45) is 0 Å². The molecule has 0 aromatic heterocycles. The van der Waals surface area contributed by atoms with Crippen LogP contribution in [-0.4, -0.2) is 29.9 Å². The van der Waals surface area contributed by atoms with Crippen LogP contribution in [0, 0.1) is 10.1 Å². The molecule has 1 fully saturated rings. The van der Waals surface area contributed by atoms with E-state index in [4.69, 9.17) is 0 Å². The largest absolute Gasteiger partial charge is 0.261 e. The third-order valence-corrected chi connectivity index (χ3v) is 6.92. The summed E-state index contributed by atoms with van der Waals surface area (Å²) < 4.78 is 25.0. The average molecular weight is 393 g/mol. The summed E-state index contributed by atoms with van der Waals surface area (Å²) in [6, 6.07) is 16.8. The second-order valence-corrected chi connectivity index (χ2v) is 8.93. The number of sulfonamides is 1. The topological polar surface area (TPSA) is 92.6 Å². The SMILES string of the molecule is O=[N+]([O-])N(NS(=O)(=O)c1ccccc1)C1CCCC1Sc1ccccc1. The van der Waals surface area contributed by atoms with Gasteiger partial charge in [-0.15, -0.1) is 11.8 Å². The minimum atomic E-state index is -4.01. The quantitative estimate of drug-likeness (QED) is 0.574. The highest BCUT2D eigenvalue weighted by molar-refractivity contribution is 8.00. The fourth-order valence-corrected chi connectivity index (χ4v) is 5.42. The molecule has 1 aliphatic rings. The zero-order chi connectivity index (χ0) is 18.6. The van der Waals surface area contributed by atoms with Crippen molar-refractivity contribution in [1.29, 1.82) is 0 Å². The Bertz CT molecular complexity index is 847. The van der Waals surface area contributed by atoms with E-state index in [-0.39, 0.29) is 10.1 Å². The first-order chi connectivity index (χ1) is 12.5. The maximum atomic E-state index is 12.5. The molecule has 2 aromatic rings. The van der Waals surface area contributed by atoms with Crippen LogP contribution >= 0.6 is 11.8 Å². The molecular formula is C17H19N3O4S2. The van der Waals surface area contributed by atoms with E-state index in [0.717, 1.165) is 17.7 Å². The number of nitrogens with one attached hydrogen (secondary N) is 1. The Kier molecular flexibility index (Phi) is 5.80. The normalized spacial score (nSPS) is 20.0. The lowest BCUT2D eigenvalue weighted by Gasteiger charge is -2.25. The summed E-state index contributed by atoms with van der Waals surface area (Å²) in [6.45, 7) is 0. The Labute approximate surface area is 156 Å². The van der Waals surface area contributed by atoms with Crippen molar-refractivity contribution in [3.63, 3.8) is 0 Å². The van der Waals surface area contributed by atoms with Gasteiger partial charge >= 0.3 is 0 Å². The zero-order valence-corrected chi connectivity index (χ0v) is 15.5. The van der Waals surface area contributed by atoms with Gasteiger partial charge in [-0.05, 0) is 48.6 Å². The summed E-state index contributed by atoms with van der Waals surface area (Å²) in [5.41, 5.74) is 0. The molecule has 0 bridgehead atoms. The lowest BCUT2D eigenvalue weighted by atomic mass is 10.2. The van der Waals surface area contributed by atoms with E-state index in [1.165, 1.54) is 12.1 Å². The van der Waals surface area contributed by atoms with Crippen LogP contribution in [0.5, 0.6) is 0 Å². The van der Waals surface area contributed by atoms with E-state index in [1.807, 2.05) is 30.3 Å². The van der Waals surface area contributed by atoms with Crippen LogP contribution in [-0.2, 0) is 10.0 Å². The maximum Gasteiger partial charge on any atom is 0.261 e. The van der Waals surface area contributed by atoms with Crippen LogP contribution in [0.4, 0.5) is 0 Å². The van der Waals surface area contributed by atoms with Gasteiger partial charge in [0.15, 0.2) is 5.03 Å². The third kappa shape index (κ3) is 4.35. The molecule has 0 aliphatic heterocycles. The van der Waals surface area contributed by atoms with E-state index in [9.17, 15) is 18.5 Å². The molecule has 138 valence electrons. The lowest BCUT2D eigenvalue weighted by molar-refractivity contribution is -0.673. The molecule has 3 rings (SSSR count). The van der Waals surface area contributed by atoms with Gasteiger partial charge in [-0.25, -0.2) is 18.5 Å². The van der Waals surface area contributed by atoms with Crippen LogP contribution in [0.1, 0.15) is 19.3 Å². The average Bonchev–Trinajstić information content (AvgIpc) is 3.09. The predicted molar refractivity (Wildman–Crippen MR) is 99.3 cm³/mol. The summed E-state index contributed by atoms with van der Waals surface area (Å²) in [6.07, 6.45) is 2.16. The molecule has 0 spiro atoms. The molecule has 2 atom stereocenters. The Balaban J connectivity index is 1.79. The fraction of sp³-hybridized carbons (Fsp3) is 0.294. The molecule has 0 heterocycles. The van der Waals surface area contributed by atoms with Gasteiger partial charge in [-0.2, -0.15) is 0 Å². The zero-order valence-electron chi connectivity index (χ0n) is 13.9. The van der Waals surface area contributed by atoms with Gasteiger partial charge in [-0.3, -0.25) is 0 Å². The summed E-state index contributed by atoms with van der Waals surface area (Å²) in [7, 11) is -4.01. The van der Waals surface area contributed by atoms with Crippen LogP contribution in [0.3, 0.4) is 0 Å². The molecule has 2 unspecified atom stereocenters. The molecule has 1 saturated carbocycles. The van der Waals surface area contributed by atoms with Crippen molar-refractivity contribution in [3.8, 4) is 0 Å². The summed E-state index contributed by atoms with van der Waals surface area (Å²) >= 11 is 1.55. The number of thioether (sulfide) groups is 1. The van der Waals surface area contributed by atoms with Crippen molar-refractivity contribution in [3.05, 3.63) is 70.8 Å². The summed E-state index contributed by atoms with van der Waals surface area (Å²) in [4.78, 5) is 14.8. The van der Waals surface area contributed by atoms with Gasteiger partial charge in [0.05, 0.1) is 4.90 Å². The Hall–Kier alpha value is -2.10. The molecule has 0 radical (unpaired) electrons. The maximum absolute atomic E-state index is 12.5. The van der Waals surface area contributed by atoms with E-state index in [1.54, 1.807) is 30.0 Å². The van der Waals surface area contributed by atoms with Gasteiger partial charge in [-0.1, -0.05) is 41.2 Å². The predicted octanol–water partition coefficient (Wildman–Crippen LogP) is 3.09. The molecule has 9 heteroatoms. The van der Waals surface area contributed by atoms with E-state index < -0.39 is 21.1 Å². The minimum Gasteiger partial charge on any atom is -0.233 e. The summed E-state index contributed by atoms with van der Waals surface area (Å²) in [5.74, 6) is 0. The van der Waals surface area contributed by atoms with Gasteiger partial charge in [0.25, 0.3) is 10.0 Å². The number of rotatable bonds is 7. The highest BCUT2D eigenvalue weighted by Crippen LogP contribution is 2.37. The van der Waals surface area contributed by atoms with Gasteiger partial charge in [0.1, 0.15) is 6.04 Å². The van der Waals surface area contributed by atoms with Crippen molar-refractivity contribution in [2.75, 3.05) is 0 Å². The first-order valence-corrected chi connectivity index (χ1v) is 10.6. The first kappa shape index (κ1) is 18.7. The lowest BCUT2D eigenvalue weighted by Crippen LogP contribution is -2.53.